The van der Waals surface area contributed by atoms with Crippen molar-refractivity contribution < 1.29 is 14.4 Å². The highest BCUT2D eigenvalue weighted by molar-refractivity contribution is 5.98. The number of hydrogen-bond acceptors (Lipinski definition) is 5. The normalized spacial score (nSPS) is 11.4. The number of carbonyl (C=O) groups excluding carboxylic acids is 3. The molecule has 0 aliphatic carbocycles. The van der Waals surface area contributed by atoms with Crippen molar-refractivity contribution in [3.63, 3.8) is 0 Å². The standard InChI is InChI=1S/C20H25N5O3/c1-13(27)23-18-10-7-16(11-19(18)24-14(2)28)4-3-15-5-8-17(9-6-15)20(21)25(22)12-26/h5-12,20H,3-4,21-22H2,1-2H3,(H,23,27)(H,24,28). The molecule has 0 aliphatic rings. The molecule has 0 heterocycles. The summed E-state index contributed by atoms with van der Waals surface area (Å²) in [5.74, 6) is 5.08. The van der Waals surface area contributed by atoms with Crippen molar-refractivity contribution in [1.82, 2.24) is 5.01 Å². The summed E-state index contributed by atoms with van der Waals surface area (Å²) in [6, 6.07) is 13.1. The van der Waals surface area contributed by atoms with E-state index in [4.69, 9.17) is 11.6 Å². The summed E-state index contributed by atoms with van der Waals surface area (Å²) < 4.78 is 0. The lowest BCUT2D eigenvalue weighted by Gasteiger charge is -2.19. The summed E-state index contributed by atoms with van der Waals surface area (Å²) in [6.07, 6.45) is 1.31. The number of nitrogens with zero attached hydrogens (tertiary/aromatic N) is 1. The minimum Gasteiger partial charge on any atom is -0.325 e. The van der Waals surface area contributed by atoms with E-state index < -0.39 is 6.17 Å². The Hall–Kier alpha value is -3.23. The van der Waals surface area contributed by atoms with Crippen molar-refractivity contribution in [2.75, 3.05) is 10.6 Å². The number of anilines is 2. The fourth-order valence-electron chi connectivity index (χ4n) is 2.75. The third kappa shape index (κ3) is 5.90. The van der Waals surface area contributed by atoms with Gasteiger partial charge in [0, 0.05) is 13.8 Å². The van der Waals surface area contributed by atoms with Crippen LogP contribution in [0.2, 0.25) is 0 Å². The second kappa shape index (κ2) is 9.63. The quantitative estimate of drug-likeness (QED) is 0.181. The molecule has 1 unspecified atom stereocenters. The maximum atomic E-state index is 11.4. The number of hydrazine groups is 1. The molecule has 0 saturated carbocycles. The van der Waals surface area contributed by atoms with Gasteiger partial charge in [-0.1, -0.05) is 30.3 Å². The van der Waals surface area contributed by atoms with Gasteiger partial charge in [-0.15, -0.1) is 0 Å². The fourth-order valence-corrected chi connectivity index (χ4v) is 2.75. The number of aryl methyl sites for hydroxylation is 2. The largest absolute Gasteiger partial charge is 0.325 e. The van der Waals surface area contributed by atoms with Crippen LogP contribution in [0, 0.1) is 0 Å². The molecule has 0 bridgehead atoms. The molecule has 2 aromatic carbocycles. The molecule has 2 rings (SSSR count). The minimum atomic E-state index is -0.687. The lowest BCUT2D eigenvalue weighted by molar-refractivity contribution is -0.120. The van der Waals surface area contributed by atoms with Gasteiger partial charge in [0.15, 0.2) is 0 Å². The first kappa shape index (κ1) is 21.1. The molecule has 1 atom stereocenters. The maximum absolute atomic E-state index is 11.4. The van der Waals surface area contributed by atoms with E-state index in [1.54, 1.807) is 6.07 Å². The zero-order chi connectivity index (χ0) is 20.7. The second-order valence-corrected chi connectivity index (χ2v) is 6.48. The van der Waals surface area contributed by atoms with E-state index in [9.17, 15) is 14.4 Å². The Morgan fingerprint density at radius 3 is 2.07 bits per heavy atom. The highest BCUT2D eigenvalue weighted by Gasteiger charge is 2.11. The molecule has 0 spiro atoms. The number of hydrogen-bond donors (Lipinski definition) is 4. The average molecular weight is 383 g/mol. The summed E-state index contributed by atoms with van der Waals surface area (Å²) in [7, 11) is 0. The predicted octanol–water partition coefficient (Wildman–Crippen LogP) is 1.68. The maximum Gasteiger partial charge on any atom is 0.225 e. The van der Waals surface area contributed by atoms with Gasteiger partial charge in [-0.2, -0.15) is 0 Å². The van der Waals surface area contributed by atoms with E-state index >= 15 is 0 Å². The van der Waals surface area contributed by atoms with Crippen LogP contribution in [0.15, 0.2) is 42.5 Å². The summed E-state index contributed by atoms with van der Waals surface area (Å²) >= 11 is 0. The van der Waals surface area contributed by atoms with Crippen LogP contribution in [0.25, 0.3) is 0 Å². The first-order chi connectivity index (χ1) is 13.3. The van der Waals surface area contributed by atoms with Crippen LogP contribution < -0.4 is 22.2 Å². The Morgan fingerprint density at radius 1 is 0.964 bits per heavy atom. The van der Waals surface area contributed by atoms with Crippen molar-refractivity contribution >= 4 is 29.6 Å². The first-order valence-electron chi connectivity index (χ1n) is 8.81. The van der Waals surface area contributed by atoms with Crippen LogP contribution in [-0.2, 0) is 27.2 Å². The number of carbonyl (C=O) groups is 3. The highest BCUT2D eigenvalue weighted by atomic mass is 16.2. The molecule has 3 amide bonds. The van der Waals surface area contributed by atoms with Crippen molar-refractivity contribution in [2.45, 2.75) is 32.9 Å². The van der Waals surface area contributed by atoms with Crippen molar-refractivity contribution in [3.05, 3.63) is 59.2 Å². The number of nitrogens with one attached hydrogen (secondary N) is 2. The van der Waals surface area contributed by atoms with Crippen LogP contribution >= 0.6 is 0 Å². The Labute approximate surface area is 163 Å². The van der Waals surface area contributed by atoms with E-state index in [0.29, 0.717) is 17.8 Å². The van der Waals surface area contributed by atoms with Gasteiger partial charge in [-0.05, 0) is 41.7 Å². The van der Waals surface area contributed by atoms with Crippen LogP contribution in [-0.4, -0.2) is 23.2 Å². The van der Waals surface area contributed by atoms with Crippen LogP contribution in [0.3, 0.4) is 0 Å². The number of rotatable bonds is 8. The highest BCUT2D eigenvalue weighted by Crippen LogP contribution is 2.24. The lowest BCUT2D eigenvalue weighted by Crippen LogP contribution is -2.38. The lowest BCUT2D eigenvalue weighted by atomic mass is 10.0. The molecule has 0 aromatic heterocycles. The molecule has 0 radical (unpaired) electrons. The van der Waals surface area contributed by atoms with E-state index in [-0.39, 0.29) is 11.8 Å². The third-order valence-electron chi connectivity index (χ3n) is 4.17. The molecule has 8 heteroatoms. The molecule has 8 nitrogen and oxygen atoms in total. The fraction of sp³-hybridized carbons (Fsp3) is 0.250. The predicted molar refractivity (Wildman–Crippen MR) is 108 cm³/mol. The molecular formula is C20H25N5O3. The first-order valence-corrected chi connectivity index (χ1v) is 8.81. The van der Waals surface area contributed by atoms with Crippen LogP contribution in [0.4, 0.5) is 11.4 Å². The Morgan fingerprint density at radius 2 is 1.50 bits per heavy atom. The van der Waals surface area contributed by atoms with Gasteiger partial charge < -0.3 is 16.4 Å². The number of nitrogens with two attached hydrogens (primary N) is 2. The average Bonchev–Trinajstić information content (AvgIpc) is 2.66. The zero-order valence-corrected chi connectivity index (χ0v) is 15.9. The molecule has 148 valence electrons. The Bertz CT molecular complexity index is 851. The smallest absolute Gasteiger partial charge is 0.225 e. The van der Waals surface area contributed by atoms with Crippen LogP contribution in [0.1, 0.15) is 36.7 Å². The van der Waals surface area contributed by atoms with Gasteiger partial charge in [0.2, 0.25) is 18.2 Å². The molecule has 0 aliphatic heterocycles. The van der Waals surface area contributed by atoms with E-state index in [1.165, 1.54) is 13.8 Å². The topological polar surface area (TPSA) is 131 Å². The molecule has 6 N–H and O–H groups in total. The molecular weight excluding hydrogens is 358 g/mol. The van der Waals surface area contributed by atoms with Gasteiger partial charge in [0.05, 0.1) is 11.4 Å². The number of benzene rings is 2. The van der Waals surface area contributed by atoms with E-state index in [1.807, 2.05) is 36.4 Å². The van der Waals surface area contributed by atoms with Gasteiger partial charge >= 0.3 is 0 Å². The van der Waals surface area contributed by atoms with Crippen molar-refractivity contribution in [3.8, 4) is 0 Å². The second-order valence-electron chi connectivity index (χ2n) is 6.48. The summed E-state index contributed by atoms with van der Waals surface area (Å²) in [6.45, 7) is 2.84. The van der Waals surface area contributed by atoms with E-state index in [0.717, 1.165) is 34.5 Å². The SMILES string of the molecule is CC(=O)Nc1ccc(CCc2ccc(C(N)N(N)C=O)cc2)cc1NC(C)=O. The van der Waals surface area contributed by atoms with Crippen molar-refractivity contribution in [2.24, 2.45) is 11.6 Å². The van der Waals surface area contributed by atoms with E-state index in [2.05, 4.69) is 10.6 Å². The van der Waals surface area contributed by atoms with Crippen molar-refractivity contribution in [1.29, 1.82) is 0 Å². The minimum absolute atomic E-state index is 0.205. The molecule has 0 fully saturated rings. The van der Waals surface area contributed by atoms with Gasteiger partial charge in [0.25, 0.3) is 0 Å². The third-order valence-corrected chi connectivity index (χ3v) is 4.17. The van der Waals surface area contributed by atoms with Gasteiger partial charge in [-0.25, -0.2) is 5.84 Å². The number of amides is 3. The monoisotopic (exact) mass is 383 g/mol. The molecule has 28 heavy (non-hydrogen) atoms. The molecule has 0 saturated heterocycles. The Kier molecular flexibility index (Phi) is 7.25. The van der Waals surface area contributed by atoms with Gasteiger partial charge in [0.1, 0.15) is 6.17 Å². The summed E-state index contributed by atoms with van der Waals surface area (Å²) in [4.78, 5) is 33.4. The molecule has 2 aromatic rings. The zero-order valence-electron chi connectivity index (χ0n) is 15.9. The Balaban J connectivity index is 2.08. The summed E-state index contributed by atoms with van der Waals surface area (Å²) in [5, 5.41) is 6.36. The van der Waals surface area contributed by atoms with Crippen LogP contribution in [0.5, 0.6) is 0 Å². The summed E-state index contributed by atoms with van der Waals surface area (Å²) in [5.41, 5.74) is 9.86. The van der Waals surface area contributed by atoms with Gasteiger partial charge in [-0.3, -0.25) is 19.4 Å².